The van der Waals surface area contributed by atoms with Gasteiger partial charge in [-0.3, -0.25) is 14.5 Å². The number of carbonyl (C=O) groups excluding carboxylic acids is 3. The summed E-state index contributed by atoms with van der Waals surface area (Å²) in [4.78, 5) is 50.7. The summed E-state index contributed by atoms with van der Waals surface area (Å²) in [7, 11) is 0. The van der Waals surface area contributed by atoms with Crippen LogP contribution >= 0.6 is 0 Å². The highest BCUT2D eigenvalue weighted by atomic mass is 16.5. The minimum atomic E-state index is -1.16. The number of benzene rings is 1. The number of aryl methyl sites for hydroxylation is 1. The molecule has 0 saturated carbocycles. The SMILES string of the molecule is CCCCCCn1nc(C(=O)O[C@@H](C)C(=O)N2CCNC2=O)c2ccccc2c1=O. The second kappa shape index (κ2) is 9.51. The molecule has 0 unspecified atom stereocenters. The first-order valence-electron chi connectivity index (χ1n) is 10.2. The number of esters is 1. The number of fused-ring (bicyclic) bond motifs is 1. The van der Waals surface area contributed by atoms with Gasteiger partial charge in [0.2, 0.25) is 0 Å². The van der Waals surface area contributed by atoms with Gasteiger partial charge in [0.1, 0.15) is 0 Å². The molecule has 2 aromatic rings. The van der Waals surface area contributed by atoms with Gasteiger partial charge in [-0.2, -0.15) is 5.10 Å². The first kappa shape index (κ1) is 21.5. The Kier molecular flexibility index (Phi) is 6.81. The highest BCUT2D eigenvalue weighted by Gasteiger charge is 2.32. The van der Waals surface area contributed by atoms with Crippen LogP contribution in [0, 0.1) is 0 Å². The molecule has 1 aromatic heterocycles. The molecule has 2 heterocycles. The normalized spacial score (nSPS) is 14.6. The van der Waals surface area contributed by atoms with Crippen molar-refractivity contribution in [2.45, 2.75) is 52.2 Å². The standard InChI is InChI=1S/C21H26N4O5/c1-3-4-5-8-12-25-19(27)16-10-7-6-9-15(16)17(23-25)20(28)30-14(2)18(26)24-13-11-22-21(24)29/h6-7,9-10,14H,3-5,8,11-13H2,1-2H3,(H,22,29)/t14-/m0/s1. The van der Waals surface area contributed by atoms with Gasteiger partial charge in [-0.05, 0) is 19.4 Å². The molecular formula is C21H26N4O5. The predicted octanol–water partition coefficient (Wildman–Crippen LogP) is 2.07. The first-order chi connectivity index (χ1) is 14.4. The molecule has 9 nitrogen and oxygen atoms in total. The maximum atomic E-state index is 12.8. The molecule has 1 aromatic carbocycles. The summed E-state index contributed by atoms with van der Waals surface area (Å²) in [5, 5.41) is 7.52. The summed E-state index contributed by atoms with van der Waals surface area (Å²) in [6.07, 6.45) is 2.69. The molecule has 0 radical (unpaired) electrons. The number of nitrogens with one attached hydrogen (secondary N) is 1. The third-order valence-corrected chi connectivity index (χ3v) is 5.04. The van der Waals surface area contributed by atoms with E-state index in [4.69, 9.17) is 4.74 Å². The second-order valence-corrected chi connectivity index (χ2v) is 7.25. The number of rotatable bonds is 8. The molecule has 0 bridgehead atoms. The molecule has 1 fully saturated rings. The lowest BCUT2D eigenvalue weighted by atomic mass is 10.1. The van der Waals surface area contributed by atoms with Crippen LogP contribution in [-0.4, -0.2) is 51.8 Å². The molecule has 0 spiro atoms. The number of hydrogen-bond donors (Lipinski definition) is 1. The van der Waals surface area contributed by atoms with E-state index in [-0.39, 0.29) is 17.8 Å². The largest absolute Gasteiger partial charge is 0.448 e. The lowest BCUT2D eigenvalue weighted by molar-refractivity contribution is -0.136. The molecule has 0 aliphatic carbocycles. The van der Waals surface area contributed by atoms with E-state index in [0.29, 0.717) is 23.9 Å². The van der Waals surface area contributed by atoms with Gasteiger partial charge in [0, 0.05) is 25.0 Å². The van der Waals surface area contributed by atoms with Crippen molar-refractivity contribution in [2.24, 2.45) is 0 Å². The van der Waals surface area contributed by atoms with E-state index in [1.807, 2.05) is 0 Å². The summed E-state index contributed by atoms with van der Waals surface area (Å²) < 4.78 is 6.60. The number of amides is 3. The second-order valence-electron chi connectivity index (χ2n) is 7.25. The number of unbranched alkanes of at least 4 members (excludes halogenated alkanes) is 3. The van der Waals surface area contributed by atoms with Crippen LogP contribution in [0.4, 0.5) is 4.79 Å². The van der Waals surface area contributed by atoms with Crippen LogP contribution < -0.4 is 10.9 Å². The van der Waals surface area contributed by atoms with Gasteiger partial charge < -0.3 is 10.1 Å². The number of nitrogens with zero attached hydrogens (tertiary/aromatic N) is 3. The summed E-state index contributed by atoms with van der Waals surface area (Å²) in [5.74, 6) is -1.41. The maximum absolute atomic E-state index is 12.8. The minimum Gasteiger partial charge on any atom is -0.448 e. The predicted molar refractivity (Wildman–Crippen MR) is 110 cm³/mol. The Morgan fingerprint density at radius 3 is 2.57 bits per heavy atom. The monoisotopic (exact) mass is 414 g/mol. The average molecular weight is 414 g/mol. The van der Waals surface area contributed by atoms with Gasteiger partial charge >= 0.3 is 12.0 Å². The van der Waals surface area contributed by atoms with Crippen molar-refractivity contribution in [3.05, 3.63) is 40.3 Å². The minimum absolute atomic E-state index is 0.0220. The molecule has 1 atom stereocenters. The maximum Gasteiger partial charge on any atom is 0.360 e. The number of aromatic nitrogens is 2. The Hall–Kier alpha value is -3.23. The average Bonchev–Trinajstić information content (AvgIpc) is 3.17. The summed E-state index contributed by atoms with van der Waals surface area (Å²) in [6, 6.07) is 6.18. The molecule has 1 aliphatic heterocycles. The van der Waals surface area contributed by atoms with Gasteiger partial charge in [-0.15, -0.1) is 0 Å². The van der Waals surface area contributed by atoms with Gasteiger partial charge in [0.05, 0.1) is 5.39 Å². The zero-order valence-corrected chi connectivity index (χ0v) is 17.2. The Morgan fingerprint density at radius 2 is 1.90 bits per heavy atom. The molecule has 1 saturated heterocycles. The van der Waals surface area contributed by atoms with E-state index < -0.39 is 24.0 Å². The zero-order valence-electron chi connectivity index (χ0n) is 17.2. The molecule has 3 amide bonds. The summed E-state index contributed by atoms with van der Waals surface area (Å²) in [6.45, 7) is 4.49. The van der Waals surface area contributed by atoms with E-state index >= 15 is 0 Å². The molecule has 160 valence electrons. The van der Waals surface area contributed by atoms with Gasteiger partial charge in [-0.25, -0.2) is 14.3 Å². The van der Waals surface area contributed by atoms with E-state index in [2.05, 4.69) is 17.3 Å². The fourth-order valence-corrected chi connectivity index (χ4v) is 3.39. The number of carbonyl (C=O) groups is 3. The third kappa shape index (κ3) is 4.50. The van der Waals surface area contributed by atoms with Crippen LogP contribution in [0.5, 0.6) is 0 Å². The fraction of sp³-hybridized carbons (Fsp3) is 0.476. The highest BCUT2D eigenvalue weighted by molar-refractivity contribution is 6.04. The van der Waals surface area contributed by atoms with E-state index in [1.165, 1.54) is 11.6 Å². The van der Waals surface area contributed by atoms with Crippen LogP contribution in [-0.2, 0) is 16.1 Å². The Labute approximate surface area is 174 Å². The summed E-state index contributed by atoms with van der Waals surface area (Å²) >= 11 is 0. The van der Waals surface area contributed by atoms with Crippen molar-refractivity contribution >= 4 is 28.7 Å². The van der Waals surface area contributed by atoms with Crippen LogP contribution in [0.25, 0.3) is 10.8 Å². The van der Waals surface area contributed by atoms with Gasteiger partial charge in [-0.1, -0.05) is 44.4 Å². The van der Waals surface area contributed by atoms with Crippen molar-refractivity contribution < 1.29 is 19.1 Å². The number of urea groups is 1. The van der Waals surface area contributed by atoms with Crippen molar-refractivity contribution in [3.8, 4) is 0 Å². The number of hydrogen-bond acceptors (Lipinski definition) is 6. The number of ether oxygens (including phenoxy) is 1. The van der Waals surface area contributed by atoms with Crippen molar-refractivity contribution in [2.75, 3.05) is 13.1 Å². The molecule has 1 N–H and O–H groups in total. The van der Waals surface area contributed by atoms with Crippen molar-refractivity contribution in [1.82, 2.24) is 20.0 Å². The Balaban J connectivity index is 1.85. The van der Waals surface area contributed by atoms with Gasteiger partial charge in [0.15, 0.2) is 11.8 Å². The first-order valence-corrected chi connectivity index (χ1v) is 10.2. The smallest absolute Gasteiger partial charge is 0.360 e. The quantitative estimate of drug-likeness (QED) is 0.523. The molecule has 30 heavy (non-hydrogen) atoms. The van der Waals surface area contributed by atoms with Crippen molar-refractivity contribution in [1.29, 1.82) is 0 Å². The van der Waals surface area contributed by atoms with E-state index in [1.54, 1.807) is 24.3 Å². The van der Waals surface area contributed by atoms with Gasteiger partial charge in [0.25, 0.3) is 11.5 Å². The topological polar surface area (TPSA) is 111 Å². The molecular weight excluding hydrogens is 388 g/mol. The van der Waals surface area contributed by atoms with Crippen LogP contribution in [0.1, 0.15) is 50.0 Å². The molecule has 3 rings (SSSR count). The van der Waals surface area contributed by atoms with E-state index in [9.17, 15) is 19.2 Å². The van der Waals surface area contributed by atoms with Crippen LogP contribution in [0.2, 0.25) is 0 Å². The van der Waals surface area contributed by atoms with Crippen molar-refractivity contribution in [3.63, 3.8) is 0 Å². The number of imide groups is 1. The fourth-order valence-electron chi connectivity index (χ4n) is 3.39. The zero-order chi connectivity index (χ0) is 21.7. The van der Waals surface area contributed by atoms with Crippen LogP contribution in [0.3, 0.4) is 0 Å². The highest BCUT2D eigenvalue weighted by Crippen LogP contribution is 2.16. The summed E-state index contributed by atoms with van der Waals surface area (Å²) in [5.41, 5.74) is -0.289. The lowest BCUT2D eigenvalue weighted by Gasteiger charge is -2.18. The van der Waals surface area contributed by atoms with E-state index in [0.717, 1.165) is 30.6 Å². The Morgan fingerprint density at radius 1 is 1.17 bits per heavy atom. The Bertz CT molecular complexity index is 1020. The third-order valence-electron chi connectivity index (χ3n) is 5.04. The van der Waals surface area contributed by atoms with Crippen LogP contribution in [0.15, 0.2) is 29.1 Å². The lowest BCUT2D eigenvalue weighted by Crippen LogP contribution is -2.42. The molecule has 1 aliphatic rings. The molecule has 9 heteroatoms.